The predicted molar refractivity (Wildman–Crippen MR) is 98.2 cm³/mol. The van der Waals surface area contributed by atoms with Gasteiger partial charge in [-0.2, -0.15) is 0 Å². The van der Waals surface area contributed by atoms with Gasteiger partial charge in [0.05, 0.1) is 3.42 Å². The molecule has 0 fully saturated rings. The number of phenolic OH excluding ortho intramolecular Hbond substituents is 3. The van der Waals surface area contributed by atoms with Crippen LogP contribution in [0.3, 0.4) is 0 Å². The first-order valence-corrected chi connectivity index (χ1v) is 8.15. The van der Waals surface area contributed by atoms with Crippen molar-refractivity contribution in [2.45, 2.75) is 3.42 Å². The lowest BCUT2D eigenvalue weighted by molar-refractivity contribution is 0.475. The molecule has 0 saturated heterocycles. The first-order chi connectivity index (χ1) is 11.0. The largest absolute Gasteiger partial charge is 0.508 e. The third-order valence-electron chi connectivity index (χ3n) is 3.80. The molecule has 0 heterocycles. The van der Waals surface area contributed by atoms with E-state index in [2.05, 4.69) is 22.6 Å². The second-order valence-electron chi connectivity index (χ2n) is 5.30. The lowest BCUT2D eigenvalue weighted by Crippen LogP contribution is -2.21. The summed E-state index contributed by atoms with van der Waals surface area (Å²) in [5.74, 6) is 0.636. The van der Waals surface area contributed by atoms with Crippen molar-refractivity contribution < 1.29 is 15.3 Å². The Balaban J connectivity index is 2.21. The Bertz CT molecular complexity index is 683. The van der Waals surface area contributed by atoms with E-state index in [0.717, 1.165) is 16.7 Å². The Morgan fingerprint density at radius 3 is 0.913 bits per heavy atom. The Labute approximate surface area is 148 Å². The van der Waals surface area contributed by atoms with Gasteiger partial charge in [-0.3, -0.25) is 0 Å². The van der Waals surface area contributed by atoms with Gasteiger partial charge < -0.3 is 15.3 Å². The van der Waals surface area contributed by atoms with Crippen molar-refractivity contribution in [1.29, 1.82) is 0 Å². The minimum Gasteiger partial charge on any atom is -0.508 e. The van der Waals surface area contributed by atoms with Gasteiger partial charge in [0.25, 0.3) is 0 Å². The molecule has 0 unspecified atom stereocenters. The van der Waals surface area contributed by atoms with Crippen molar-refractivity contribution >= 4 is 22.6 Å². The molecular weight excluding hydrogens is 403 g/mol. The van der Waals surface area contributed by atoms with Gasteiger partial charge in [-0.25, -0.2) is 0 Å². The van der Waals surface area contributed by atoms with Gasteiger partial charge in [0.2, 0.25) is 0 Å². The van der Waals surface area contributed by atoms with Crippen LogP contribution in [0.15, 0.2) is 72.8 Å². The highest BCUT2D eigenvalue weighted by Crippen LogP contribution is 2.46. The van der Waals surface area contributed by atoms with Gasteiger partial charge in [0.1, 0.15) is 17.2 Å². The first kappa shape index (κ1) is 15.7. The monoisotopic (exact) mass is 418 g/mol. The number of rotatable bonds is 3. The highest BCUT2D eigenvalue weighted by Gasteiger charge is 2.33. The van der Waals surface area contributed by atoms with E-state index >= 15 is 0 Å². The van der Waals surface area contributed by atoms with Gasteiger partial charge in [-0.05, 0) is 53.1 Å². The van der Waals surface area contributed by atoms with Crippen molar-refractivity contribution in [3.8, 4) is 17.2 Å². The summed E-state index contributed by atoms with van der Waals surface area (Å²) < 4.78 is -0.507. The Hall–Kier alpha value is -2.21. The second-order valence-corrected chi connectivity index (χ2v) is 6.92. The molecule has 0 spiro atoms. The Morgan fingerprint density at radius 1 is 0.478 bits per heavy atom. The average molecular weight is 418 g/mol. The van der Waals surface area contributed by atoms with Crippen molar-refractivity contribution in [3.63, 3.8) is 0 Å². The van der Waals surface area contributed by atoms with Gasteiger partial charge in [-0.1, -0.05) is 59.0 Å². The van der Waals surface area contributed by atoms with E-state index < -0.39 is 3.42 Å². The van der Waals surface area contributed by atoms with Gasteiger partial charge in [0, 0.05) is 0 Å². The molecular formula is C19H15IO3. The number of halogens is 1. The summed E-state index contributed by atoms with van der Waals surface area (Å²) in [7, 11) is 0. The fourth-order valence-electron chi connectivity index (χ4n) is 2.57. The normalized spacial score (nSPS) is 11.3. The fourth-order valence-corrected chi connectivity index (χ4v) is 3.65. The summed E-state index contributed by atoms with van der Waals surface area (Å²) in [6.45, 7) is 0. The number of hydrogen-bond donors (Lipinski definition) is 3. The van der Waals surface area contributed by atoms with Crippen molar-refractivity contribution in [2.24, 2.45) is 0 Å². The molecule has 0 amide bonds. The lowest BCUT2D eigenvalue weighted by Gasteiger charge is -2.30. The molecule has 4 heteroatoms. The summed E-state index contributed by atoms with van der Waals surface area (Å²) in [6.07, 6.45) is 0. The molecule has 3 N–H and O–H groups in total. The maximum Gasteiger partial charge on any atom is 0.115 e. The van der Waals surface area contributed by atoms with Crippen molar-refractivity contribution in [2.75, 3.05) is 0 Å². The van der Waals surface area contributed by atoms with Crippen LogP contribution in [0.4, 0.5) is 0 Å². The van der Waals surface area contributed by atoms with E-state index in [0.29, 0.717) is 0 Å². The summed E-state index contributed by atoms with van der Waals surface area (Å²) in [5.41, 5.74) is 2.98. The van der Waals surface area contributed by atoms with Crippen LogP contribution in [0.1, 0.15) is 16.7 Å². The maximum atomic E-state index is 9.57. The van der Waals surface area contributed by atoms with E-state index in [1.807, 2.05) is 36.4 Å². The van der Waals surface area contributed by atoms with Crippen LogP contribution in [0.2, 0.25) is 0 Å². The third kappa shape index (κ3) is 2.99. The minimum atomic E-state index is -0.507. The molecule has 0 radical (unpaired) electrons. The maximum absolute atomic E-state index is 9.57. The van der Waals surface area contributed by atoms with Crippen LogP contribution >= 0.6 is 22.6 Å². The van der Waals surface area contributed by atoms with E-state index in [-0.39, 0.29) is 17.2 Å². The van der Waals surface area contributed by atoms with Gasteiger partial charge in [-0.15, -0.1) is 0 Å². The summed E-state index contributed by atoms with van der Waals surface area (Å²) in [6, 6.07) is 21.2. The Morgan fingerprint density at radius 2 is 0.696 bits per heavy atom. The molecule has 23 heavy (non-hydrogen) atoms. The quantitative estimate of drug-likeness (QED) is 0.333. The summed E-state index contributed by atoms with van der Waals surface area (Å²) >= 11 is 2.36. The van der Waals surface area contributed by atoms with Crippen molar-refractivity contribution in [1.82, 2.24) is 0 Å². The van der Waals surface area contributed by atoms with Crippen LogP contribution in [0, 0.1) is 0 Å². The number of hydrogen-bond acceptors (Lipinski definition) is 3. The molecule has 0 bridgehead atoms. The molecule has 0 aromatic heterocycles. The highest BCUT2D eigenvalue weighted by atomic mass is 127. The van der Waals surface area contributed by atoms with Crippen LogP contribution in [-0.4, -0.2) is 15.3 Å². The second kappa shape index (κ2) is 6.12. The van der Waals surface area contributed by atoms with E-state index in [4.69, 9.17) is 0 Å². The molecule has 3 aromatic rings. The zero-order valence-electron chi connectivity index (χ0n) is 12.1. The van der Waals surface area contributed by atoms with E-state index in [1.54, 1.807) is 36.4 Å². The molecule has 0 saturated carbocycles. The summed E-state index contributed by atoms with van der Waals surface area (Å²) in [5, 5.41) is 28.7. The molecule has 3 nitrogen and oxygen atoms in total. The van der Waals surface area contributed by atoms with Crippen LogP contribution in [0.5, 0.6) is 17.2 Å². The molecule has 116 valence electrons. The predicted octanol–water partition coefficient (Wildman–Crippen LogP) is 4.53. The smallest absolute Gasteiger partial charge is 0.115 e. The zero-order valence-corrected chi connectivity index (χ0v) is 14.3. The molecule has 0 aliphatic rings. The number of alkyl halides is 1. The van der Waals surface area contributed by atoms with Crippen LogP contribution < -0.4 is 0 Å². The van der Waals surface area contributed by atoms with E-state index in [1.165, 1.54) is 0 Å². The first-order valence-electron chi connectivity index (χ1n) is 7.07. The summed E-state index contributed by atoms with van der Waals surface area (Å²) in [4.78, 5) is 0. The Kier molecular flexibility index (Phi) is 4.17. The topological polar surface area (TPSA) is 60.7 Å². The SMILES string of the molecule is Oc1ccc(C(I)(c2ccc(O)cc2)c2ccc(O)cc2)cc1. The standard InChI is InChI=1S/C19H15IO3/c20-19(13-1-7-16(21)8-2-13,14-3-9-17(22)10-4-14)15-5-11-18(23)12-6-15/h1-12,21-23H. The minimum absolute atomic E-state index is 0.212. The van der Waals surface area contributed by atoms with Crippen LogP contribution in [0.25, 0.3) is 0 Å². The molecule has 0 atom stereocenters. The molecule has 0 aliphatic heterocycles. The molecule has 0 aliphatic carbocycles. The molecule has 3 rings (SSSR count). The zero-order chi connectivity index (χ0) is 16.4. The fraction of sp³-hybridized carbons (Fsp3) is 0.0526. The van der Waals surface area contributed by atoms with Crippen LogP contribution in [-0.2, 0) is 3.42 Å². The third-order valence-corrected chi connectivity index (χ3v) is 5.66. The highest BCUT2D eigenvalue weighted by molar-refractivity contribution is 14.1. The number of phenols is 3. The molecule has 3 aromatic carbocycles. The number of aromatic hydroxyl groups is 3. The lowest BCUT2D eigenvalue weighted by atomic mass is 9.85. The van der Waals surface area contributed by atoms with Gasteiger partial charge in [0.15, 0.2) is 0 Å². The van der Waals surface area contributed by atoms with Gasteiger partial charge >= 0.3 is 0 Å². The van der Waals surface area contributed by atoms with Crippen molar-refractivity contribution in [3.05, 3.63) is 89.5 Å². The number of benzene rings is 3. The van der Waals surface area contributed by atoms with E-state index in [9.17, 15) is 15.3 Å². The average Bonchev–Trinajstić information content (AvgIpc) is 2.56.